The molecule has 1 saturated heterocycles. The summed E-state index contributed by atoms with van der Waals surface area (Å²) in [5.41, 5.74) is -0.765. The molecule has 8 heteroatoms. The van der Waals surface area contributed by atoms with E-state index in [1.54, 1.807) is 9.58 Å². The van der Waals surface area contributed by atoms with E-state index in [0.29, 0.717) is 45.3 Å². The monoisotopic (exact) mass is 309 g/mol. The Labute approximate surface area is 129 Å². The Balaban J connectivity index is 1.87. The maximum atomic E-state index is 12.3. The SMILES string of the molecule is CCCC1(C(=O)O)CCCN(C(=O)CCCn2cnnn2)C1. The summed E-state index contributed by atoms with van der Waals surface area (Å²) in [7, 11) is 0. The fourth-order valence-electron chi connectivity index (χ4n) is 3.14. The number of nitrogens with zero attached hydrogens (tertiary/aromatic N) is 5. The second-order valence-electron chi connectivity index (χ2n) is 5.93. The van der Waals surface area contributed by atoms with Gasteiger partial charge in [-0.3, -0.25) is 9.59 Å². The van der Waals surface area contributed by atoms with Crippen molar-refractivity contribution in [1.29, 1.82) is 0 Å². The maximum Gasteiger partial charge on any atom is 0.311 e. The summed E-state index contributed by atoms with van der Waals surface area (Å²) < 4.78 is 1.59. The van der Waals surface area contributed by atoms with Crippen LogP contribution in [0.4, 0.5) is 0 Å². The van der Waals surface area contributed by atoms with Crippen LogP contribution in [0.3, 0.4) is 0 Å². The molecule has 0 aliphatic carbocycles. The summed E-state index contributed by atoms with van der Waals surface area (Å²) in [4.78, 5) is 25.7. The van der Waals surface area contributed by atoms with E-state index in [-0.39, 0.29) is 5.91 Å². The zero-order valence-corrected chi connectivity index (χ0v) is 12.9. The number of rotatable bonds is 7. The van der Waals surface area contributed by atoms with E-state index in [1.165, 1.54) is 6.33 Å². The number of aryl methyl sites for hydroxylation is 1. The number of hydrogen-bond acceptors (Lipinski definition) is 5. The van der Waals surface area contributed by atoms with Gasteiger partial charge in [-0.05, 0) is 36.1 Å². The van der Waals surface area contributed by atoms with Gasteiger partial charge in [-0.25, -0.2) is 4.68 Å². The summed E-state index contributed by atoms with van der Waals surface area (Å²) in [6.07, 6.45) is 5.40. The van der Waals surface area contributed by atoms with Gasteiger partial charge in [0, 0.05) is 26.1 Å². The number of aromatic nitrogens is 4. The molecule has 1 atom stereocenters. The maximum absolute atomic E-state index is 12.3. The van der Waals surface area contributed by atoms with Gasteiger partial charge in [-0.1, -0.05) is 13.3 Å². The Morgan fingerprint density at radius 2 is 2.23 bits per heavy atom. The molecule has 0 radical (unpaired) electrons. The Morgan fingerprint density at radius 3 is 2.86 bits per heavy atom. The predicted molar refractivity (Wildman–Crippen MR) is 77.8 cm³/mol. The fourth-order valence-corrected chi connectivity index (χ4v) is 3.14. The predicted octanol–water partition coefficient (Wildman–Crippen LogP) is 0.947. The normalized spacial score (nSPS) is 21.8. The van der Waals surface area contributed by atoms with E-state index >= 15 is 0 Å². The molecule has 0 spiro atoms. The summed E-state index contributed by atoms with van der Waals surface area (Å²) >= 11 is 0. The van der Waals surface area contributed by atoms with Crippen LogP contribution >= 0.6 is 0 Å². The molecule has 8 nitrogen and oxygen atoms in total. The number of carbonyl (C=O) groups is 2. The van der Waals surface area contributed by atoms with E-state index in [4.69, 9.17) is 0 Å². The van der Waals surface area contributed by atoms with Crippen LogP contribution in [0.5, 0.6) is 0 Å². The van der Waals surface area contributed by atoms with Crippen molar-refractivity contribution in [2.75, 3.05) is 13.1 Å². The highest BCUT2D eigenvalue weighted by molar-refractivity contribution is 5.79. The lowest BCUT2D eigenvalue weighted by atomic mass is 9.76. The van der Waals surface area contributed by atoms with E-state index < -0.39 is 11.4 Å². The molecule has 2 heterocycles. The second-order valence-corrected chi connectivity index (χ2v) is 5.93. The number of carboxylic acids is 1. The Bertz CT molecular complexity index is 501. The van der Waals surface area contributed by atoms with Gasteiger partial charge in [0.25, 0.3) is 0 Å². The standard InChI is InChI=1S/C14H23N5O3/c1-2-6-14(13(21)22)7-4-8-18(10-14)12(20)5-3-9-19-11-15-16-17-19/h11H,2-10H2,1H3,(H,21,22). The van der Waals surface area contributed by atoms with Crippen molar-refractivity contribution in [3.8, 4) is 0 Å². The molecular formula is C14H23N5O3. The first kappa shape index (κ1) is 16.4. The van der Waals surface area contributed by atoms with Crippen molar-refractivity contribution in [1.82, 2.24) is 25.1 Å². The number of hydrogen-bond donors (Lipinski definition) is 1. The minimum absolute atomic E-state index is 0.0227. The van der Waals surface area contributed by atoms with Crippen LogP contribution in [0.25, 0.3) is 0 Å². The van der Waals surface area contributed by atoms with Crippen molar-refractivity contribution in [2.24, 2.45) is 5.41 Å². The third-order valence-electron chi connectivity index (χ3n) is 4.28. The van der Waals surface area contributed by atoms with Gasteiger partial charge >= 0.3 is 5.97 Å². The Kier molecular flexibility index (Phi) is 5.46. The van der Waals surface area contributed by atoms with E-state index in [9.17, 15) is 14.7 Å². The number of tetrazole rings is 1. The van der Waals surface area contributed by atoms with Crippen molar-refractivity contribution in [3.05, 3.63) is 6.33 Å². The van der Waals surface area contributed by atoms with Crippen LogP contribution in [0.1, 0.15) is 45.4 Å². The van der Waals surface area contributed by atoms with Crippen molar-refractivity contribution >= 4 is 11.9 Å². The molecule has 2 rings (SSSR count). The van der Waals surface area contributed by atoms with Crippen molar-refractivity contribution in [2.45, 2.75) is 52.0 Å². The van der Waals surface area contributed by atoms with Gasteiger partial charge < -0.3 is 10.0 Å². The van der Waals surface area contributed by atoms with Crippen molar-refractivity contribution < 1.29 is 14.7 Å². The van der Waals surface area contributed by atoms with Crippen LogP contribution in [0.15, 0.2) is 6.33 Å². The molecule has 22 heavy (non-hydrogen) atoms. The summed E-state index contributed by atoms with van der Waals surface area (Å²) in [6.45, 7) is 3.56. The number of amides is 1. The molecule has 1 aromatic rings. The molecule has 122 valence electrons. The smallest absolute Gasteiger partial charge is 0.311 e. The minimum Gasteiger partial charge on any atom is -0.481 e. The van der Waals surface area contributed by atoms with Crippen molar-refractivity contribution in [3.63, 3.8) is 0 Å². The molecule has 0 bridgehead atoms. The number of aliphatic carboxylic acids is 1. The van der Waals surface area contributed by atoms with E-state index in [0.717, 1.165) is 12.8 Å². The number of likely N-dealkylation sites (tertiary alicyclic amines) is 1. The highest BCUT2D eigenvalue weighted by Gasteiger charge is 2.42. The lowest BCUT2D eigenvalue weighted by Crippen LogP contribution is -2.49. The lowest BCUT2D eigenvalue weighted by Gasteiger charge is -2.40. The van der Waals surface area contributed by atoms with Crippen LogP contribution in [-0.4, -0.2) is 55.2 Å². The lowest BCUT2D eigenvalue weighted by molar-refractivity contribution is -0.155. The summed E-state index contributed by atoms with van der Waals surface area (Å²) in [5.74, 6) is -0.755. The average Bonchev–Trinajstić information content (AvgIpc) is 3.01. The van der Waals surface area contributed by atoms with E-state index in [2.05, 4.69) is 15.5 Å². The quantitative estimate of drug-likeness (QED) is 0.804. The van der Waals surface area contributed by atoms with Gasteiger partial charge in [0.15, 0.2) is 0 Å². The van der Waals surface area contributed by atoms with Gasteiger partial charge in [-0.15, -0.1) is 5.10 Å². The zero-order chi connectivity index (χ0) is 16.0. The Hall–Kier alpha value is -1.99. The molecule has 1 fully saturated rings. The number of carboxylic acid groups (broad SMARTS) is 1. The molecule has 1 aliphatic rings. The number of carbonyl (C=O) groups excluding carboxylic acids is 1. The molecule has 1 unspecified atom stereocenters. The van der Waals surface area contributed by atoms with Crippen LogP contribution < -0.4 is 0 Å². The Morgan fingerprint density at radius 1 is 1.41 bits per heavy atom. The average molecular weight is 309 g/mol. The first-order valence-corrected chi connectivity index (χ1v) is 7.79. The van der Waals surface area contributed by atoms with Gasteiger partial charge in [0.05, 0.1) is 5.41 Å². The van der Waals surface area contributed by atoms with Crippen LogP contribution in [0.2, 0.25) is 0 Å². The number of piperidine rings is 1. The molecule has 1 N–H and O–H groups in total. The molecular weight excluding hydrogens is 286 g/mol. The summed E-state index contributed by atoms with van der Waals surface area (Å²) in [5, 5.41) is 20.4. The zero-order valence-electron chi connectivity index (χ0n) is 12.9. The first-order chi connectivity index (χ1) is 10.6. The fraction of sp³-hybridized carbons (Fsp3) is 0.786. The van der Waals surface area contributed by atoms with Gasteiger partial charge in [-0.2, -0.15) is 0 Å². The highest BCUT2D eigenvalue weighted by Crippen LogP contribution is 2.35. The molecule has 0 aromatic carbocycles. The second kappa shape index (κ2) is 7.33. The largest absolute Gasteiger partial charge is 0.481 e. The third kappa shape index (κ3) is 3.80. The first-order valence-electron chi connectivity index (χ1n) is 7.79. The molecule has 1 amide bonds. The highest BCUT2D eigenvalue weighted by atomic mass is 16.4. The molecule has 0 saturated carbocycles. The van der Waals surface area contributed by atoms with Crippen LogP contribution in [0, 0.1) is 5.41 Å². The molecule has 1 aromatic heterocycles. The van der Waals surface area contributed by atoms with Gasteiger partial charge in [0.2, 0.25) is 5.91 Å². The topological polar surface area (TPSA) is 101 Å². The minimum atomic E-state index is -0.777. The van der Waals surface area contributed by atoms with E-state index in [1.807, 2.05) is 6.92 Å². The van der Waals surface area contributed by atoms with Gasteiger partial charge in [0.1, 0.15) is 6.33 Å². The third-order valence-corrected chi connectivity index (χ3v) is 4.28. The summed E-state index contributed by atoms with van der Waals surface area (Å²) in [6, 6.07) is 0. The van der Waals surface area contributed by atoms with Crippen LogP contribution in [-0.2, 0) is 16.1 Å². The molecule has 1 aliphatic heterocycles.